The molecule has 0 spiro atoms. The van der Waals surface area contributed by atoms with Gasteiger partial charge in [-0.15, -0.1) is 0 Å². The normalized spacial score (nSPS) is 24.5. The van der Waals surface area contributed by atoms with Crippen LogP contribution in [0.25, 0.3) is 5.57 Å². The van der Waals surface area contributed by atoms with Crippen LogP contribution in [0.5, 0.6) is 0 Å². The summed E-state index contributed by atoms with van der Waals surface area (Å²) in [4.78, 5) is 0. The highest BCUT2D eigenvalue weighted by Crippen LogP contribution is 2.49. The average molecular weight is 352 g/mol. The summed E-state index contributed by atoms with van der Waals surface area (Å²) in [6.45, 7) is 18.8. The van der Waals surface area contributed by atoms with E-state index in [4.69, 9.17) is 5.73 Å². The van der Waals surface area contributed by atoms with Gasteiger partial charge in [-0.25, -0.2) is 0 Å². The van der Waals surface area contributed by atoms with E-state index in [1.165, 1.54) is 35.1 Å². The van der Waals surface area contributed by atoms with Crippen LogP contribution in [0, 0.1) is 11.3 Å². The average Bonchev–Trinajstić information content (AvgIpc) is 2.50. The van der Waals surface area contributed by atoms with Crippen LogP contribution >= 0.6 is 0 Å². The van der Waals surface area contributed by atoms with E-state index in [1.807, 2.05) is 0 Å². The first-order chi connectivity index (χ1) is 11.8. The summed E-state index contributed by atoms with van der Waals surface area (Å²) in [7, 11) is 0. The monoisotopic (exact) mass is 351 g/mol. The maximum absolute atomic E-state index is 6.59. The number of fused-ring (bicyclic) bond motifs is 1. The molecule has 1 heteroatoms. The van der Waals surface area contributed by atoms with Gasteiger partial charge in [-0.1, -0.05) is 73.1 Å². The Morgan fingerprint density at radius 2 is 1.46 bits per heavy atom. The summed E-state index contributed by atoms with van der Waals surface area (Å²) < 4.78 is 0. The van der Waals surface area contributed by atoms with E-state index in [1.54, 1.807) is 5.57 Å². The molecule has 0 saturated heterocycles. The molecule has 0 heterocycles. The van der Waals surface area contributed by atoms with Crippen molar-refractivity contribution in [3.05, 3.63) is 46.5 Å². The lowest BCUT2D eigenvalue weighted by atomic mass is 9.62. The topological polar surface area (TPSA) is 26.0 Å². The molecule has 142 valence electrons. The summed E-state index contributed by atoms with van der Waals surface area (Å²) in [6.07, 6.45) is 8.20. The Bertz CT molecular complexity index is 781. The zero-order valence-electron chi connectivity index (χ0n) is 18.1. The van der Waals surface area contributed by atoms with E-state index >= 15 is 0 Å². The molecule has 2 N–H and O–H groups in total. The van der Waals surface area contributed by atoms with Crippen molar-refractivity contribution in [2.75, 3.05) is 5.73 Å². The molecule has 1 aromatic carbocycles. The largest absolute Gasteiger partial charge is 0.398 e. The molecule has 1 unspecified atom stereocenters. The zero-order chi connectivity index (χ0) is 19.5. The molecule has 0 amide bonds. The Morgan fingerprint density at radius 1 is 0.923 bits per heavy atom. The molecule has 0 fully saturated rings. The first-order valence-electron chi connectivity index (χ1n) is 10.2. The van der Waals surface area contributed by atoms with E-state index in [9.17, 15) is 0 Å². The number of benzene rings is 1. The molecular formula is C25H37N. The highest BCUT2D eigenvalue weighted by Gasteiger charge is 2.38. The highest BCUT2D eigenvalue weighted by atomic mass is 14.6. The van der Waals surface area contributed by atoms with Crippen LogP contribution in [-0.4, -0.2) is 0 Å². The van der Waals surface area contributed by atoms with Crippen LogP contribution in [0.1, 0.15) is 91.3 Å². The van der Waals surface area contributed by atoms with Gasteiger partial charge in [0.1, 0.15) is 0 Å². The van der Waals surface area contributed by atoms with Crippen molar-refractivity contribution in [2.45, 2.75) is 85.5 Å². The molecule has 0 saturated carbocycles. The molecule has 1 nitrogen and oxygen atoms in total. The Labute approximate surface area is 160 Å². The molecule has 0 aromatic heterocycles. The number of anilines is 1. The van der Waals surface area contributed by atoms with Gasteiger partial charge >= 0.3 is 0 Å². The van der Waals surface area contributed by atoms with Gasteiger partial charge in [-0.2, -0.15) is 0 Å². The molecule has 1 aromatic rings. The van der Waals surface area contributed by atoms with Crippen LogP contribution in [0.15, 0.2) is 29.9 Å². The second kappa shape index (κ2) is 6.01. The third-order valence-corrected chi connectivity index (χ3v) is 6.76. The first kappa shape index (κ1) is 19.3. The fourth-order valence-corrected chi connectivity index (χ4v) is 4.96. The third kappa shape index (κ3) is 3.26. The van der Waals surface area contributed by atoms with E-state index in [0.29, 0.717) is 5.92 Å². The molecule has 2 aliphatic carbocycles. The van der Waals surface area contributed by atoms with Crippen LogP contribution in [0.4, 0.5) is 5.69 Å². The fraction of sp³-hybridized carbons (Fsp3) is 0.600. The van der Waals surface area contributed by atoms with Gasteiger partial charge in [0.05, 0.1) is 0 Å². The minimum Gasteiger partial charge on any atom is -0.398 e. The molecule has 0 bridgehead atoms. The van der Waals surface area contributed by atoms with E-state index < -0.39 is 0 Å². The van der Waals surface area contributed by atoms with Crippen LogP contribution < -0.4 is 5.73 Å². The number of allylic oxidation sites excluding steroid dienone is 4. The molecule has 1 atom stereocenters. The summed E-state index contributed by atoms with van der Waals surface area (Å²) >= 11 is 0. The Kier molecular flexibility index (Phi) is 4.45. The van der Waals surface area contributed by atoms with E-state index in [0.717, 1.165) is 12.1 Å². The second-order valence-corrected chi connectivity index (χ2v) is 10.9. The number of hydrogen-bond donors (Lipinski definition) is 1. The molecule has 2 aliphatic rings. The Morgan fingerprint density at radius 3 is 1.96 bits per heavy atom. The predicted molar refractivity (Wildman–Crippen MR) is 115 cm³/mol. The molecule has 26 heavy (non-hydrogen) atoms. The third-order valence-electron chi connectivity index (χ3n) is 6.76. The fourth-order valence-electron chi connectivity index (χ4n) is 4.96. The van der Waals surface area contributed by atoms with Crippen LogP contribution in [-0.2, 0) is 10.8 Å². The van der Waals surface area contributed by atoms with Crippen molar-refractivity contribution in [1.29, 1.82) is 0 Å². The number of nitrogens with two attached hydrogens (primary N) is 1. The molecule has 0 radical (unpaired) electrons. The lowest BCUT2D eigenvalue weighted by Gasteiger charge is -2.42. The number of nitrogen functional groups attached to an aromatic ring is 1. The quantitative estimate of drug-likeness (QED) is 0.541. The van der Waals surface area contributed by atoms with Crippen LogP contribution in [0.3, 0.4) is 0 Å². The minimum absolute atomic E-state index is 0.213. The summed E-state index contributed by atoms with van der Waals surface area (Å²) in [5.41, 5.74) is 15.3. The van der Waals surface area contributed by atoms with E-state index in [2.05, 4.69) is 79.7 Å². The van der Waals surface area contributed by atoms with Gasteiger partial charge in [0.25, 0.3) is 0 Å². The maximum atomic E-state index is 6.59. The van der Waals surface area contributed by atoms with Crippen molar-refractivity contribution in [3.63, 3.8) is 0 Å². The smallest absolute Gasteiger partial charge is 0.0393 e. The lowest BCUT2D eigenvalue weighted by molar-refractivity contribution is 0.332. The first-order valence-corrected chi connectivity index (χ1v) is 10.2. The van der Waals surface area contributed by atoms with Crippen molar-refractivity contribution in [2.24, 2.45) is 11.3 Å². The number of rotatable bonds is 1. The van der Waals surface area contributed by atoms with Crippen molar-refractivity contribution >= 4 is 11.3 Å². The van der Waals surface area contributed by atoms with Crippen molar-refractivity contribution in [1.82, 2.24) is 0 Å². The molecule has 0 aliphatic heterocycles. The Hall–Kier alpha value is -1.50. The standard InChI is InChI=1S/C25H37N/c1-16-13-17(9-10-19(16)23(2,3)4)18-14-20-21(15-22(18)26)25(7,8)12-11-24(20,5)6/h9-10,14-16H,11-13,26H2,1-8H3. The van der Waals surface area contributed by atoms with Crippen LogP contribution in [0.2, 0.25) is 0 Å². The maximum Gasteiger partial charge on any atom is 0.0393 e. The molecule has 3 rings (SSSR count). The van der Waals surface area contributed by atoms with Gasteiger partial charge in [-0.3, -0.25) is 0 Å². The van der Waals surface area contributed by atoms with Gasteiger partial charge in [0.2, 0.25) is 0 Å². The zero-order valence-corrected chi connectivity index (χ0v) is 18.1. The van der Waals surface area contributed by atoms with Crippen molar-refractivity contribution in [3.8, 4) is 0 Å². The summed E-state index contributed by atoms with van der Waals surface area (Å²) in [6, 6.07) is 4.69. The lowest BCUT2D eigenvalue weighted by Crippen LogP contribution is -2.34. The van der Waals surface area contributed by atoms with E-state index in [-0.39, 0.29) is 16.2 Å². The minimum atomic E-state index is 0.213. The number of hydrogen-bond acceptors (Lipinski definition) is 1. The van der Waals surface area contributed by atoms with Crippen molar-refractivity contribution < 1.29 is 0 Å². The summed E-state index contributed by atoms with van der Waals surface area (Å²) in [5, 5.41) is 0. The SMILES string of the molecule is CC1CC(c2cc3c(cc2N)C(C)(C)CCC3(C)C)=CC=C1C(C)(C)C. The molecular weight excluding hydrogens is 314 g/mol. The van der Waals surface area contributed by atoms with Gasteiger partial charge in [0, 0.05) is 11.3 Å². The Balaban J connectivity index is 2.11. The van der Waals surface area contributed by atoms with Gasteiger partial charge < -0.3 is 5.73 Å². The van der Waals surface area contributed by atoms with Gasteiger partial charge in [-0.05, 0) is 70.3 Å². The summed E-state index contributed by atoms with van der Waals surface area (Å²) in [5.74, 6) is 0.565. The highest BCUT2D eigenvalue weighted by molar-refractivity contribution is 5.79. The second-order valence-electron chi connectivity index (χ2n) is 10.9. The predicted octanol–water partition coefficient (Wildman–Crippen LogP) is 7.01. The van der Waals surface area contributed by atoms with Gasteiger partial charge in [0.15, 0.2) is 0 Å².